The van der Waals surface area contributed by atoms with Crippen LogP contribution < -0.4 is 16.0 Å². The molecular weight excluding hydrogens is 462 g/mol. The number of aromatic nitrogens is 2. The van der Waals surface area contributed by atoms with Gasteiger partial charge in [0.25, 0.3) is 0 Å². The summed E-state index contributed by atoms with van der Waals surface area (Å²) in [5, 5.41) is 14.0. The number of benzene rings is 2. The molecule has 0 radical (unpaired) electrons. The molecule has 4 aromatic rings. The number of anilines is 2. The van der Waals surface area contributed by atoms with Gasteiger partial charge in [0, 0.05) is 23.2 Å². The SMILES string of the molecule is C[C@@H](OC(=O)Nc1ccc(-c2c(C#N)c3ccc(-c4[nH+]cccc4N)cc3n2C2CCC2)cc1)C1CC1. The normalized spacial score (nSPS) is 16.1. The fraction of sp³-hybridized carbons (Fsp3) is 0.300. The summed E-state index contributed by atoms with van der Waals surface area (Å²) >= 11 is 0. The number of pyridine rings is 1. The number of carbonyl (C=O) groups is 1. The van der Waals surface area contributed by atoms with E-state index in [9.17, 15) is 10.1 Å². The predicted octanol–water partition coefficient (Wildman–Crippen LogP) is 6.32. The monoisotopic (exact) mass is 492 g/mol. The molecular formula is C30H30N5O2+. The maximum Gasteiger partial charge on any atom is 0.411 e. The van der Waals surface area contributed by atoms with Crippen LogP contribution in [0.2, 0.25) is 0 Å². The highest BCUT2D eigenvalue weighted by molar-refractivity contribution is 5.97. The zero-order valence-corrected chi connectivity index (χ0v) is 20.8. The van der Waals surface area contributed by atoms with Crippen LogP contribution in [-0.4, -0.2) is 16.8 Å². The number of nitrogens with two attached hydrogens (primary N) is 1. The highest BCUT2D eigenvalue weighted by atomic mass is 16.6. The second-order valence-corrected chi connectivity index (χ2v) is 10.2. The van der Waals surface area contributed by atoms with Crippen LogP contribution >= 0.6 is 0 Å². The molecule has 37 heavy (non-hydrogen) atoms. The lowest BCUT2D eigenvalue weighted by Crippen LogP contribution is -2.21. The molecule has 6 rings (SSSR count). The van der Waals surface area contributed by atoms with Crippen LogP contribution in [0.3, 0.4) is 0 Å². The zero-order valence-electron chi connectivity index (χ0n) is 20.8. The van der Waals surface area contributed by atoms with Crippen molar-refractivity contribution < 1.29 is 14.5 Å². The summed E-state index contributed by atoms with van der Waals surface area (Å²) in [6, 6.07) is 20.4. The molecule has 2 aliphatic carbocycles. The number of ether oxygens (including phenoxy) is 1. The first-order valence-corrected chi connectivity index (χ1v) is 13.0. The molecule has 7 heteroatoms. The summed E-state index contributed by atoms with van der Waals surface area (Å²) < 4.78 is 7.82. The van der Waals surface area contributed by atoms with Crippen LogP contribution in [-0.2, 0) is 4.74 Å². The lowest BCUT2D eigenvalue weighted by molar-refractivity contribution is -0.363. The van der Waals surface area contributed by atoms with E-state index < -0.39 is 6.09 Å². The van der Waals surface area contributed by atoms with Gasteiger partial charge in [-0.25, -0.2) is 9.78 Å². The molecule has 4 N–H and O–H groups in total. The molecule has 2 fully saturated rings. The summed E-state index contributed by atoms with van der Waals surface area (Å²) in [6.45, 7) is 1.94. The van der Waals surface area contributed by atoms with E-state index in [1.54, 1.807) is 0 Å². The number of rotatable bonds is 6. The molecule has 0 unspecified atom stereocenters. The quantitative estimate of drug-likeness (QED) is 0.329. The molecule has 2 aliphatic rings. The Kier molecular flexibility index (Phi) is 5.80. The Balaban J connectivity index is 1.38. The topological polar surface area (TPSA) is 107 Å². The van der Waals surface area contributed by atoms with Gasteiger partial charge in [0.15, 0.2) is 6.20 Å². The van der Waals surface area contributed by atoms with E-state index in [4.69, 9.17) is 10.5 Å². The Hall–Kier alpha value is -4.31. The fourth-order valence-electron chi connectivity index (χ4n) is 5.28. The van der Waals surface area contributed by atoms with Gasteiger partial charge in [-0.1, -0.05) is 18.2 Å². The molecule has 7 nitrogen and oxygen atoms in total. The molecule has 2 aromatic carbocycles. The molecule has 2 aromatic heterocycles. The second kappa shape index (κ2) is 9.29. The van der Waals surface area contributed by atoms with Gasteiger partial charge in [-0.15, -0.1) is 0 Å². The number of carbonyl (C=O) groups excluding carboxylic acids is 1. The molecule has 0 bridgehead atoms. The summed E-state index contributed by atoms with van der Waals surface area (Å²) in [4.78, 5) is 15.6. The minimum absolute atomic E-state index is 0.0654. The molecule has 1 amide bonds. The standard InChI is InChI=1S/C30H29N5O2/c1-18(19-7-8-19)37-30(36)34-22-12-9-20(10-13-22)29-25(17-31)24-14-11-21(28-26(32)6-3-15-33-28)16-27(24)35(29)23-4-2-5-23/h3,6,9-16,18-19,23H,2,4-5,7-8,32H2,1H3,(H,34,36)/p+1/t18-/m1/s1. The highest BCUT2D eigenvalue weighted by Gasteiger charge is 2.31. The van der Waals surface area contributed by atoms with Gasteiger partial charge in [-0.2, -0.15) is 5.26 Å². The predicted molar refractivity (Wildman–Crippen MR) is 144 cm³/mol. The van der Waals surface area contributed by atoms with Crippen molar-refractivity contribution in [3.05, 3.63) is 66.4 Å². The van der Waals surface area contributed by atoms with E-state index in [0.29, 0.717) is 28.9 Å². The van der Waals surface area contributed by atoms with E-state index in [0.717, 1.165) is 59.1 Å². The van der Waals surface area contributed by atoms with Crippen LogP contribution in [0, 0.1) is 17.2 Å². The summed E-state index contributed by atoms with van der Waals surface area (Å²) in [6.07, 6.45) is 6.95. The zero-order chi connectivity index (χ0) is 25.5. The van der Waals surface area contributed by atoms with E-state index in [1.165, 1.54) is 6.42 Å². The van der Waals surface area contributed by atoms with Gasteiger partial charge < -0.3 is 15.0 Å². The maximum absolute atomic E-state index is 12.3. The van der Waals surface area contributed by atoms with Crippen LogP contribution in [0.4, 0.5) is 16.2 Å². The van der Waals surface area contributed by atoms with Gasteiger partial charge in [-0.3, -0.25) is 5.32 Å². The lowest BCUT2D eigenvalue weighted by atomic mass is 9.92. The lowest BCUT2D eigenvalue weighted by Gasteiger charge is -2.30. The first kappa shape index (κ1) is 23.1. The van der Waals surface area contributed by atoms with Crippen molar-refractivity contribution >= 4 is 28.4 Å². The van der Waals surface area contributed by atoms with Gasteiger partial charge in [0.1, 0.15) is 17.9 Å². The van der Waals surface area contributed by atoms with Crippen molar-refractivity contribution in [3.8, 4) is 28.6 Å². The second-order valence-electron chi connectivity index (χ2n) is 10.2. The average molecular weight is 493 g/mol. The van der Waals surface area contributed by atoms with Gasteiger partial charge >= 0.3 is 6.09 Å². The molecule has 186 valence electrons. The van der Waals surface area contributed by atoms with Crippen molar-refractivity contribution in [2.45, 2.75) is 51.2 Å². The molecule has 2 saturated carbocycles. The van der Waals surface area contributed by atoms with Crippen molar-refractivity contribution in [2.75, 3.05) is 11.1 Å². The van der Waals surface area contributed by atoms with E-state index in [2.05, 4.69) is 27.0 Å². The van der Waals surface area contributed by atoms with Crippen molar-refractivity contribution in [1.82, 2.24) is 4.57 Å². The Labute approximate surface area is 215 Å². The van der Waals surface area contributed by atoms with Crippen LogP contribution in [0.5, 0.6) is 0 Å². The number of hydrogen-bond acceptors (Lipinski definition) is 4. The maximum atomic E-state index is 12.3. The van der Waals surface area contributed by atoms with Crippen LogP contribution in [0.1, 0.15) is 50.6 Å². The summed E-state index contributed by atoms with van der Waals surface area (Å²) in [7, 11) is 0. The van der Waals surface area contributed by atoms with Crippen molar-refractivity contribution in [2.24, 2.45) is 5.92 Å². The average Bonchev–Trinajstić information content (AvgIpc) is 3.67. The molecule has 1 atom stereocenters. The first-order valence-electron chi connectivity index (χ1n) is 13.0. The molecule has 0 saturated heterocycles. The van der Waals surface area contributed by atoms with Crippen molar-refractivity contribution in [1.29, 1.82) is 5.26 Å². The third kappa shape index (κ3) is 4.29. The Morgan fingerprint density at radius 3 is 2.54 bits per heavy atom. The molecule has 2 heterocycles. The highest BCUT2D eigenvalue weighted by Crippen LogP contribution is 2.43. The first-order chi connectivity index (χ1) is 18.0. The van der Waals surface area contributed by atoms with Gasteiger partial charge in [0.05, 0.1) is 22.3 Å². The molecule has 0 aliphatic heterocycles. The number of H-pyrrole nitrogens is 1. The number of aromatic amines is 1. The largest absolute Gasteiger partial charge is 0.446 e. The number of hydrogen-bond donors (Lipinski definition) is 2. The molecule has 0 spiro atoms. The van der Waals surface area contributed by atoms with E-state index in [1.807, 2.05) is 61.7 Å². The minimum atomic E-state index is -0.432. The number of fused-ring (bicyclic) bond motifs is 1. The summed E-state index contributed by atoms with van der Waals surface area (Å²) in [5.41, 5.74) is 13.0. The van der Waals surface area contributed by atoms with Crippen LogP contribution in [0.25, 0.3) is 33.4 Å². The van der Waals surface area contributed by atoms with E-state index in [-0.39, 0.29) is 6.10 Å². The number of amides is 1. The Morgan fingerprint density at radius 1 is 1.14 bits per heavy atom. The third-order valence-electron chi connectivity index (χ3n) is 7.72. The number of nitrogen functional groups attached to an aromatic ring is 1. The minimum Gasteiger partial charge on any atom is -0.446 e. The Bertz CT molecular complexity index is 1520. The third-order valence-corrected chi connectivity index (χ3v) is 7.72. The smallest absolute Gasteiger partial charge is 0.411 e. The number of nitrogens with zero attached hydrogens (tertiary/aromatic N) is 2. The number of nitrogens with one attached hydrogen (secondary N) is 2. The van der Waals surface area contributed by atoms with Gasteiger partial charge in [-0.05, 0) is 80.8 Å². The van der Waals surface area contributed by atoms with Gasteiger partial charge in [0.2, 0.25) is 5.69 Å². The fourth-order valence-corrected chi connectivity index (χ4v) is 5.28. The number of nitriles is 1. The van der Waals surface area contributed by atoms with Crippen LogP contribution in [0.15, 0.2) is 60.8 Å². The summed E-state index contributed by atoms with van der Waals surface area (Å²) in [5.74, 6) is 0.489. The van der Waals surface area contributed by atoms with E-state index >= 15 is 0 Å². The Morgan fingerprint density at radius 2 is 1.89 bits per heavy atom. The van der Waals surface area contributed by atoms with Crippen molar-refractivity contribution in [3.63, 3.8) is 0 Å².